The maximum atomic E-state index is 13.1. The Morgan fingerprint density at radius 2 is 1.78 bits per heavy atom. The average molecular weight is 473 g/mol. The van der Waals surface area contributed by atoms with Crippen LogP contribution in [0.2, 0.25) is 5.28 Å². The fourth-order valence-corrected chi connectivity index (χ4v) is 2.79. The minimum atomic E-state index is -4.86. The molecular formula is C20H17ClF4N4O3. The summed E-state index contributed by atoms with van der Waals surface area (Å²) in [5.74, 6) is -0.0762. The molecule has 1 unspecified atom stereocenters. The second-order valence-electron chi connectivity index (χ2n) is 6.53. The number of hydrogen-bond acceptors (Lipinski definition) is 7. The Kier molecular flexibility index (Phi) is 7.31. The minimum absolute atomic E-state index is 0.110. The molecule has 1 aromatic heterocycles. The molecule has 2 aromatic carbocycles. The van der Waals surface area contributed by atoms with E-state index in [0.29, 0.717) is 11.3 Å². The van der Waals surface area contributed by atoms with Crippen molar-refractivity contribution in [2.45, 2.75) is 18.8 Å². The lowest BCUT2D eigenvalue weighted by Crippen LogP contribution is -2.41. The number of aliphatic hydroxyl groups is 1. The third kappa shape index (κ3) is 6.41. The van der Waals surface area contributed by atoms with Gasteiger partial charge in [-0.25, -0.2) is 4.39 Å². The molecule has 0 spiro atoms. The number of halogens is 5. The number of alkyl halides is 3. The molecule has 0 saturated carbocycles. The first-order valence-electron chi connectivity index (χ1n) is 9.11. The van der Waals surface area contributed by atoms with Gasteiger partial charge in [-0.1, -0.05) is 12.1 Å². The van der Waals surface area contributed by atoms with Crippen LogP contribution in [0.15, 0.2) is 48.5 Å². The Hall–Kier alpha value is -3.18. The second-order valence-corrected chi connectivity index (χ2v) is 6.87. The molecule has 1 N–H and O–H groups in total. The molecular weight excluding hydrogens is 456 g/mol. The normalized spacial score (nSPS) is 12.3. The lowest BCUT2D eigenvalue weighted by atomic mass is 10.2. The first-order valence-corrected chi connectivity index (χ1v) is 9.49. The van der Waals surface area contributed by atoms with Gasteiger partial charge in [0.1, 0.15) is 17.3 Å². The average Bonchev–Trinajstić information content (AvgIpc) is 2.74. The Balaban J connectivity index is 1.93. The molecule has 12 heteroatoms. The van der Waals surface area contributed by atoms with Gasteiger partial charge in [-0.2, -0.15) is 28.1 Å². The van der Waals surface area contributed by atoms with Gasteiger partial charge in [0.25, 0.3) is 0 Å². The quantitative estimate of drug-likeness (QED) is 0.487. The summed E-state index contributed by atoms with van der Waals surface area (Å²) in [5, 5.41) is 9.29. The second kappa shape index (κ2) is 9.96. The van der Waals surface area contributed by atoms with Crippen molar-refractivity contribution in [1.82, 2.24) is 15.0 Å². The van der Waals surface area contributed by atoms with Crippen LogP contribution in [0.5, 0.6) is 17.5 Å². The van der Waals surface area contributed by atoms with Gasteiger partial charge in [0.2, 0.25) is 11.2 Å². The molecule has 1 heterocycles. The van der Waals surface area contributed by atoms with Crippen LogP contribution in [0, 0.1) is 5.82 Å². The number of hydrogen-bond donors (Lipinski definition) is 1. The van der Waals surface area contributed by atoms with E-state index in [1.807, 2.05) is 0 Å². The third-order valence-corrected chi connectivity index (χ3v) is 4.33. The van der Waals surface area contributed by atoms with E-state index in [4.69, 9.17) is 21.1 Å². The highest BCUT2D eigenvalue weighted by atomic mass is 35.5. The molecule has 0 aliphatic heterocycles. The van der Waals surface area contributed by atoms with Crippen LogP contribution < -0.4 is 14.4 Å². The van der Waals surface area contributed by atoms with Gasteiger partial charge in [-0.05, 0) is 53.6 Å². The molecule has 0 aliphatic carbocycles. The summed E-state index contributed by atoms with van der Waals surface area (Å²) in [4.78, 5) is 12.8. The Morgan fingerprint density at radius 1 is 1.06 bits per heavy atom. The molecule has 3 aromatic rings. The van der Waals surface area contributed by atoms with E-state index in [0.717, 1.165) is 17.0 Å². The fraction of sp³-hybridized carbons (Fsp3) is 0.250. The molecule has 3 rings (SSSR count). The Morgan fingerprint density at radius 3 is 2.44 bits per heavy atom. The van der Waals surface area contributed by atoms with Gasteiger partial charge in [0.15, 0.2) is 6.10 Å². The maximum Gasteiger partial charge on any atom is 0.416 e. The van der Waals surface area contributed by atoms with Crippen LogP contribution in [0.4, 0.5) is 23.5 Å². The fourth-order valence-electron chi connectivity index (χ4n) is 2.64. The van der Waals surface area contributed by atoms with Crippen molar-refractivity contribution < 1.29 is 32.1 Å². The first-order chi connectivity index (χ1) is 15.1. The van der Waals surface area contributed by atoms with Crippen molar-refractivity contribution in [2.24, 2.45) is 0 Å². The first kappa shape index (κ1) is 23.5. The highest BCUT2D eigenvalue weighted by Crippen LogP contribution is 2.26. The van der Waals surface area contributed by atoms with Gasteiger partial charge < -0.3 is 19.5 Å². The molecule has 0 aliphatic rings. The van der Waals surface area contributed by atoms with Crippen LogP contribution in [-0.4, -0.2) is 46.0 Å². The number of aliphatic hydroxyl groups excluding tert-OH is 1. The summed E-state index contributed by atoms with van der Waals surface area (Å²) in [7, 11) is 1.45. The predicted octanol–water partition coefficient (Wildman–Crippen LogP) is 4.39. The lowest BCUT2D eigenvalue weighted by Gasteiger charge is -2.26. The van der Waals surface area contributed by atoms with E-state index in [1.54, 1.807) is 24.3 Å². The molecule has 0 amide bonds. The standard InChI is InChI=1S/C20H17ClF4N4O3/c1-31-15-4-2-3-12(9-15)10-29(11-16(30)20(23,24)25)18-26-17(21)27-19(28-18)32-14-7-5-13(22)6-8-14/h2-9,16,30H,10-11H2,1H3. The van der Waals surface area contributed by atoms with Crippen molar-refractivity contribution in [2.75, 3.05) is 18.6 Å². The van der Waals surface area contributed by atoms with Crippen molar-refractivity contribution in [1.29, 1.82) is 0 Å². The van der Waals surface area contributed by atoms with Crippen LogP contribution in [0.1, 0.15) is 5.56 Å². The molecule has 0 saturated heterocycles. The predicted molar refractivity (Wildman–Crippen MR) is 107 cm³/mol. The van der Waals surface area contributed by atoms with Crippen molar-refractivity contribution in [3.63, 3.8) is 0 Å². The zero-order valence-corrected chi connectivity index (χ0v) is 17.3. The van der Waals surface area contributed by atoms with Crippen molar-refractivity contribution in [3.8, 4) is 17.5 Å². The molecule has 0 radical (unpaired) electrons. The highest BCUT2D eigenvalue weighted by Gasteiger charge is 2.39. The van der Waals surface area contributed by atoms with E-state index in [2.05, 4.69) is 15.0 Å². The van der Waals surface area contributed by atoms with Gasteiger partial charge in [-0.3, -0.25) is 0 Å². The Bertz CT molecular complexity index is 1050. The topological polar surface area (TPSA) is 80.6 Å². The van der Waals surface area contributed by atoms with Crippen LogP contribution in [0.3, 0.4) is 0 Å². The van der Waals surface area contributed by atoms with Crippen molar-refractivity contribution >= 4 is 17.5 Å². The molecule has 32 heavy (non-hydrogen) atoms. The highest BCUT2D eigenvalue weighted by molar-refractivity contribution is 6.28. The molecule has 7 nitrogen and oxygen atoms in total. The summed E-state index contributed by atoms with van der Waals surface area (Å²) >= 11 is 5.93. The summed E-state index contributed by atoms with van der Waals surface area (Å²) in [6.45, 7) is -0.988. The lowest BCUT2D eigenvalue weighted by molar-refractivity contribution is -0.200. The monoisotopic (exact) mass is 472 g/mol. The number of aromatic nitrogens is 3. The number of ether oxygens (including phenoxy) is 2. The van der Waals surface area contributed by atoms with Crippen LogP contribution in [-0.2, 0) is 6.54 Å². The largest absolute Gasteiger partial charge is 0.497 e. The number of anilines is 1. The number of nitrogens with zero attached hydrogens (tertiary/aromatic N) is 4. The SMILES string of the molecule is COc1cccc(CN(CC(O)C(F)(F)F)c2nc(Cl)nc(Oc3ccc(F)cc3)n2)c1. The molecule has 0 bridgehead atoms. The number of benzene rings is 2. The van der Waals surface area contributed by atoms with Gasteiger partial charge in [0.05, 0.1) is 13.7 Å². The number of rotatable bonds is 8. The van der Waals surface area contributed by atoms with Crippen LogP contribution >= 0.6 is 11.6 Å². The third-order valence-electron chi connectivity index (χ3n) is 4.16. The molecule has 170 valence electrons. The number of methoxy groups -OCH3 is 1. The molecule has 0 fully saturated rings. The van der Waals surface area contributed by atoms with Gasteiger partial charge in [0, 0.05) is 6.54 Å². The summed E-state index contributed by atoms with van der Waals surface area (Å²) in [5.41, 5.74) is 0.566. The van der Waals surface area contributed by atoms with E-state index in [9.17, 15) is 22.7 Å². The van der Waals surface area contributed by atoms with E-state index in [-0.39, 0.29) is 29.5 Å². The summed E-state index contributed by atoms with van der Waals surface area (Å²) in [6, 6.07) is 11.2. The summed E-state index contributed by atoms with van der Waals surface area (Å²) < 4.78 is 62.7. The van der Waals surface area contributed by atoms with Gasteiger partial charge >= 0.3 is 12.2 Å². The zero-order chi connectivity index (χ0) is 23.3. The van der Waals surface area contributed by atoms with Crippen molar-refractivity contribution in [3.05, 3.63) is 65.2 Å². The minimum Gasteiger partial charge on any atom is -0.497 e. The van der Waals surface area contributed by atoms with Gasteiger partial charge in [-0.15, -0.1) is 0 Å². The molecule has 1 atom stereocenters. The summed E-state index contributed by atoms with van der Waals surface area (Å²) in [6.07, 6.45) is -7.54. The van der Waals surface area contributed by atoms with E-state index < -0.39 is 24.6 Å². The maximum absolute atomic E-state index is 13.1. The van der Waals surface area contributed by atoms with E-state index in [1.165, 1.54) is 19.2 Å². The Labute approximate surface area is 185 Å². The van der Waals surface area contributed by atoms with Crippen LogP contribution in [0.25, 0.3) is 0 Å². The smallest absolute Gasteiger partial charge is 0.416 e. The zero-order valence-electron chi connectivity index (χ0n) is 16.6. The van der Waals surface area contributed by atoms with E-state index >= 15 is 0 Å².